The highest BCUT2D eigenvalue weighted by Gasteiger charge is 1.83. The third-order valence-electron chi connectivity index (χ3n) is 0.575. The molecule has 0 bridgehead atoms. The van der Waals surface area contributed by atoms with Crippen LogP contribution in [0.2, 0.25) is 0 Å². The zero-order chi connectivity index (χ0) is 4.24. The average molecular weight is 84.1 g/mol. The predicted molar refractivity (Wildman–Crippen MR) is 21.8 cm³/mol. The number of hydrogen-bond acceptors (Lipinski definition) is 2. The molecule has 1 N–H and O–H groups in total. The molecule has 2 nitrogen and oxygen atoms in total. The maximum Gasteiger partial charge on any atom is 0.116 e. The van der Waals surface area contributed by atoms with Gasteiger partial charge in [-0.05, 0) is 0 Å². The Kier molecular flexibility index (Phi) is 1.12. The molecule has 1 aliphatic heterocycles. The highest BCUT2D eigenvalue weighted by atomic mass is 16.5. The number of hydrogen-bond donors (Lipinski definition) is 1. The SMILES string of the molecule is [C]1=CNCOC1. The fourth-order valence-electron chi connectivity index (χ4n) is 0.324. The van der Waals surface area contributed by atoms with Gasteiger partial charge in [-0.3, -0.25) is 0 Å². The first kappa shape index (κ1) is 3.68. The molecule has 1 rings (SSSR count). The highest BCUT2D eigenvalue weighted by Crippen LogP contribution is 1.77. The predicted octanol–water partition coefficient (Wildman–Crippen LogP) is -0.119. The van der Waals surface area contributed by atoms with E-state index in [2.05, 4.69) is 11.4 Å². The van der Waals surface area contributed by atoms with Crippen molar-refractivity contribution in [2.24, 2.45) is 0 Å². The molecule has 1 aliphatic rings. The third-order valence-corrected chi connectivity index (χ3v) is 0.575. The van der Waals surface area contributed by atoms with Crippen molar-refractivity contribution in [3.05, 3.63) is 12.3 Å². The van der Waals surface area contributed by atoms with Gasteiger partial charge in [-0.15, -0.1) is 0 Å². The van der Waals surface area contributed by atoms with E-state index in [9.17, 15) is 0 Å². The molecule has 1 radical (unpaired) electrons. The minimum absolute atomic E-state index is 0.632. The fourth-order valence-corrected chi connectivity index (χ4v) is 0.324. The van der Waals surface area contributed by atoms with Gasteiger partial charge in [0.15, 0.2) is 0 Å². The van der Waals surface area contributed by atoms with Gasteiger partial charge in [-0.1, -0.05) is 0 Å². The van der Waals surface area contributed by atoms with Gasteiger partial charge in [0.05, 0.1) is 6.61 Å². The fraction of sp³-hybridized carbons (Fsp3) is 0.500. The summed E-state index contributed by atoms with van der Waals surface area (Å²) in [4.78, 5) is 0. The lowest BCUT2D eigenvalue weighted by Gasteiger charge is -2.03. The highest BCUT2D eigenvalue weighted by molar-refractivity contribution is 4.71. The minimum Gasteiger partial charge on any atom is -0.368 e. The van der Waals surface area contributed by atoms with Crippen molar-refractivity contribution in [3.8, 4) is 0 Å². The molecule has 1 heterocycles. The van der Waals surface area contributed by atoms with E-state index in [1.165, 1.54) is 0 Å². The van der Waals surface area contributed by atoms with E-state index in [0.29, 0.717) is 13.3 Å². The van der Waals surface area contributed by atoms with Crippen molar-refractivity contribution in [3.63, 3.8) is 0 Å². The summed E-state index contributed by atoms with van der Waals surface area (Å²) in [6, 6.07) is 0. The smallest absolute Gasteiger partial charge is 0.116 e. The van der Waals surface area contributed by atoms with Crippen molar-refractivity contribution < 1.29 is 4.74 Å². The summed E-state index contributed by atoms with van der Waals surface area (Å²) >= 11 is 0. The molecule has 0 aliphatic carbocycles. The molecule has 0 spiro atoms. The third kappa shape index (κ3) is 0.723. The summed E-state index contributed by atoms with van der Waals surface area (Å²) in [5.74, 6) is 0. The van der Waals surface area contributed by atoms with Gasteiger partial charge < -0.3 is 10.1 Å². The molecule has 0 fully saturated rings. The maximum absolute atomic E-state index is 4.82. The Balaban J connectivity index is 2.26. The van der Waals surface area contributed by atoms with Gasteiger partial charge in [0.25, 0.3) is 0 Å². The van der Waals surface area contributed by atoms with Crippen LogP contribution >= 0.6 is 0 Å². The summed E-state index contributed by atoms with van der Waals surface area (Å²) in [6.45, 7) is 1.26. The summed E-state index contributed by atoms with van der Waals surface area (Å²) in [6.07, 6.45) is 4.59. The quantitative estimate of drug-likeness (QED) is 0.442. The van der Waals surface area contributed by atoms with Crippen LogP contribution in [-0.2, 0) is 4.74 Å². The molecule has 0 saturated carbocycles. The van der Waals surface area contributed by atoms with Crippen LogP contribution in [0, 0.1) is 6.08 Å². The number of ether oxygens (including phenoxy) is 1. The van der Waals surface area contributed by atoms with E-state index in [1.807, 2.05) is 0 Å². The Bertz CT molecular complexity index is 52.6. The molecule has 0 saturated heterocycles. The van der Waals surface area contributed by atoms with Gasteiger partial charge in [0.1, 0.15) is 6.73 Å². The largest absolute Gasteiger partial charge is 0.368 e. The topological polar surface area (TPSA) is 21.3 Å². The van der Waals surface area contributed by atoms with Crippen molar-refractivity contribution in [2.75, 3.05) is 13.3 Å². The van der Waals surface area contributed by atoms with E-state index in [-0.39, 0.29) is 0 Å². The first-order valence-electron chi connectivity index (χ1n) is 1.86. The molecule has 0 amide bonds. The van der Waals surface area contributed by atoms with Gasteiger partial charge in [0.2, 0.25) is 0 Å². The van der Waals surface area contributed by atoms with E-state index in [0.717, 1.165) is 0 Å². The van der Waals surface area contributed by atoms with E-state index >= 15 is 0 Å². The molecule has 6 heavy (non-hydrogen) atoms. The zero-order valence-electron chi connectivity index (χ0n) is 3.40. The second-order valence-electron chi connectivity index (χ2n) is 1.05. The Labute approximate surface area is 36.8 Å². The Morgan fingerprint density at radius 2 is 2.83 bits per heavy atom. The van der Waals surface area contributed by atoms with Crippen LogP contribution in [0.25, 0.3) is 0 Å². The molecule has 0 aromatic rings. The number of rotatable bonds is 0. The minimum atomic E-state index is 0.632. The molecule has 0 aromatic carbocycles. The van der Waals surface area contributed by atoms with Crippen molar-refractivity contribution in [2.45, 2.75) is 0 Å². The molecule has 33 valence electrons. The first-order chi connectivity index (χ1) is 3.00. The van der Waals surface area contributed by atoms with E-state index < -0.39 is 0 Å². The van der Waals surface area contributed by atoms with Crippen LogP contribution < -0.4 is 5.32 Å². The lowest BCUT2D eigenvalue weighted by Crippen LogP contribution is -2.15. The van der Waals surface area contributed by atoms with E-state index in [1.54, 1.807) is 6.20 Å². The summed E-state index contributed by atoms with van der Waals surface area (Å²) in [7, 11) is 0. The van der Waals surface area contributed by atoms with Crippen molar-refractivity contribution >= 4 is 0 Å². The molecule has 0 atom stereocenters. The van der Waals surface area contributed by atoms with Crippen LogP contribution in [0.1, 0.15) is 0 Å². The number of nitrogens with one attached hydrogen (secondary N) is 1. The van der Waals surface area contributed by atoms with Crippen molar-refractivity contribution in [1.29, 1.82) is 0 Å². The van der Waals surface area contributed by atoms with Gasteiger partial charge in [0, 0.05) is 12.3 Å². The van der Waals surface area contributed by atoms with Gasteiger partial charge in [-0.25, -0.2) is 0 Å². The summed E-state index contributed by atoms with van der Waals surface area (Å²) < 4.78 is 4.82. The van der Waals surface area contributed by atoms with Crippen molar-refractivity contribution in [1.82, 2.24) is 5.32 Å². The van der Waals surface area contributed by atoms with Gasteiger partial charge >= 0.3 is 0 Å². The zero-order valence-corrected chi connectivity index (χ0v) is 3.40. The lowest BCUT2D eigenvalue weighted by molar-refractivity contribution is 0.137. The normalized spacial score (nSPS) is 20.0. The van der Waals surface area contributed by atoms with Crippen LogP contribution in [0.15, 0.2) is 6.20 Å². The Morgan fingerprint density at radius 1 is 1.83 bits per heavy atom. The maximum atomic E-state index is 4.82. The standard InChI is InChI=1S/C4H6NO/c1-2-5-4-6-3-1/h2,5H,3-4H2. The lowest BCUT2D eigenvalue weighted by atomic mass is 10.6. The summed E-state index contributed by atoms with van der Waals surface area (Å²) in [5, 5.41) is 2.83. The molecular formula is C4H6NO. The average Bonchev–Trinajstić information content (AvgIpc) is 1.72. The van der Waals surface area contributed by atoms with Crippen LogP contribution in [-0.4, -0.2) is 13.3 Å². The van der Waals surface area contributed by atoms with E-state index in [4.69, 9.17) is 4.74 Å². The molecule has 0 unspecified atom stereocenters. The molecular weight excluding hydrogens is 78.0 g/mol. The monoisotopic (exact) mass is 84.0 g/mol. The summed E-state index contributed by atoms with van der Waals surface area (Å²) in [5.41, 5.74) is 0. The Morgan fingerprint density at radius 3 is 3.00 bits per heavy atom. The van der Waals surface area contributed by atoms with Crippen LogP contribution in [0.5, 0.6) is 0 Å². The second-order valence-corrected chi connectivity index (χ2v) is 1.05. The first-order valence-corrected chi connectivity index (χ1v) is 1.86. The van der Waals surface area contributed by atoms with Gasteiger partial charge in [-0.2, -0.15) is 0 Å². The molecule has 0 aromatic heterocycles. The Hall–Kier alpha value is -0.500. The van der Waals surface area contributed by atoms with Crippen LogP contribution in [0.3, 0.4) is 0 Å². The molecule has 2 heteroatoms. The van der Waals surface area contributed by atoms with Crippen LogP contribution in [0.4, 0.5) is 0 Å². The second kappa shape index (κ2) is 1.82.